The number of unbranched alkanes of at least 4 members (excludes halogenated alkanes) is 2. The summed E-state index contributed by atoms with van der Waals surface area (Å²) in [6, 6.07) is 6.96. The zero-order chi connectivity index (χ0) is 12.3. The Kier molecular flexibility index (Phi) is 3.79. The van der Waals surface area contributed by atoms with E-state index in [0.29, 0.717) is 23.6 Å². The molecule has 0 fully saturated rings. The van der Waals surface area contributed by atoms with Crippen molar-refractivity contribution in [2.45, 2.75) is 19.3 Å². The smallest absolute Gasteiger partial charge is 0.261 e. The molecule has 0 spiro atoms. The van der Waals surface area contributed by atoms with E-state index in [1.807, 2.05) is 0 Å². The molecular weight excluding hydrogens is 238 g/mol. The second-order valence-corrected chi connectivity index (χ2v) is 4.44. The average Bonchev–Trinajstić information content (AvgIpc) is 2.60. The molecular formula is C13H14ClNO2. The van der Waals surface area contributed by atoms with Crippen LogP contribution >= 0.6 is 11.6 Å². The van der Waals surface area contributed by atoms with Gasteiger partial charge in [0, 0.05) is 12.4 Å². The van der Waals surface area contributed by atoms with Crippen LogP contribution < -0.4 is 0 Å². The fourth-order valence-corrected chi connectivity index (χ4v) is 2.17. The second kappa shape index (κ2) is 5.32. The van der Waals surface area contributed by atoms with Gasteiger partial charge in [0.1, 0.15) is 0 Å². The van der Waals surface area contributed by atoms with E-state index in [0.717, 1.165) is 19.3 Å². The van der Waals surface area contributed by atoms with Crippen LogP contribution in [0.2, 0.25) is 0 Å². The first-order valence-corrected chi connectivity index (χ1v) is 6.30. The van der Waals surface area contributed by atoms with Gasteiger partial charge in [-0.3, -0.25) is 14.5 Å². The molecule has 0 atom stereocenters. The number of hydrogen-bond donors (Lipinski definition) is 0. The Morgan fingerprint density at radius 3 is 2.06 bits per heavy atom. The van der Waals surface area contributed by atoms with Crippen LogP contribution in [-0.4, -0.2) is 29.1 Å². The molecule has 4 heteroatoms. The molecule has 3 nitrogen and oxygen atoms in total. The Labute approximate surface area is 105 Å². The van der Waals surface area contributed by atoms with Crippen molar-refractivity contribution < 1.29 is 9.59 Å². The Hall–Kier alpha value is -1.35. The average molecular weight is 252 g/mol. The summed E-state index contributed by atoms with van der Waals surface area (Å²) >= 11 is 5.58. The summed E-state index contributed by atoms with van der Waals surface area (Å²) in [5, 5.41) is 0. The van der Waals surface area contributed by atoms with E-state index in [1.54, 1.807) is 24.3 Å². The summed E-state index contributed by atoms with van der Waals surface area (Å²) in [4.78, 5) is 25.2. The zero-order valence-electron chi connectivity index (χ0n) is 9.49. The molecule has 1 aliphatic heterocycles. The van der Waals surface area contributed by atoms with Crippen LogP contribution in [0.25, 0.3) is 0 Å². The summed E-state index contributed by atoms with van der Waals surface area (Å²) in [6.45, 7) is 0.489. The van der Waals surface area contributed by atoms with E-state index in [1.165, 1.54) is 4.90 Å². The lowest BCUT2D eigenvalue weighted by Gasteiger charge is -2.12. The molecule has 1 heterocycles. The van der Waals surface area contributed by atoms with Crippen molar-refractivity contribution in [1.29, 1.82) is 0 Å². The lowest BCUT2D eigenvalue weighted by Crippen LogP contribution is -2.30. The number of amides is 2. The number of benzene rings is 1. The van der Waals surface area contributed by atoms with Crippen LogP contribution in [0.1, 0.15) is 40.0 Å². The van der Waals surface area contributed by atoms with Gasteiger partial charge in [0.25, 0.3) is 11.8 Å². The largest absolute Gasteiger partial charge is 0.274 e. The van der Waals surface area contributed by atoms with Crippen molar-refractivity contribution >= 4 is 23.4 Å². The second-order valence-electron chi connectivity index (χ2n) is 4.06. The summed E-state index contributed by atoms with van der Waals surface area (Å²) in [7, 11) is 0. The fraction of sp³-hybridized carbons (Fsp3) is 0.385. The fourth-order valence-electron chi connectivity index (χ4n) is 1.98. The Morgan fingerprint density at radius 2 is 1.53 bits per heavy atom. The van der Waals surface area contributed by atoms with Gasteiger partial charge in [-0.15, -0.1) is 11.6 Å². The predicted octanol–water partition coefficient (Wildman–Crippen LogP) is 2.69. The van der Waals surface area contributed by atoms with E-state index >= 15 is 0 Å². The van der Waals surface area contributed by atoms with E-state index in [-0.39, 0.29) is 11.8 Å². The lowest BCUT2D eigenvalue weighted by molar-refractivity contribution is 0.0651. The number of hydrogen-bond acceptors (Lipinski definition) is 2. The van der Waals surface area contributed by atoms with E-state index in [4.69, 9.17) is 11.6 Å². The van der Waals surface area contributed by atoms with Gasteiger partial charge in [0.2, 0.25) is 0 Å². The third-order valence-corrected chi connectivity index (χ3v) is 3.16. The molecule has 17 heavy (non-hydrogen) atoms. The summed E-state index contributed by atoms with van der Waals surface area (Å²) in [5.74, 6) is 0.287. The normalized spacial score (nSPS) is 14.3. The van der Waals surface area contributed by atoms with Crippen molar-refractivity contribution in [1.82, 2.24) is 4.90 Å². The topological polar surface area (TPSA) is 37.4 Å². The van der Waals surface area contributed by atoms with Gasteiger partial charge in [0.15, 0.2) is 0 Å². The van der Waals surface area contributed by atoms with Gasteiger partial charge in [-0.25, -0.2) is 0 Å². The zero-order valence-corrected chi connectivity index (χ0v) is 10.2. The molecule has 0 radical (unpaired) electrons. The third kappa shape index (κ3) is 2.34. The van der Waals surface area contributed by atoms with E-state index in [2.05, 4.69) is 0 Å². The number of carbonyl (C=O) groups is 2. The highest BCUT2D eigenvalue weighted by Crippen LogP contribution is 2.22. The molecule has 0 unspecified atom stereocenters. The molecule has 1 aromatic carbocycles. The summed E-state index contributed by atoms with van der Waals surface area (Å²) < 4.78 is 0. The Morgan fingerprint density at radius 1 is 0.941 bits per heavy atom. The number of halogens is 1. The highest BCUT2D eigenvalue weighted by atomic mass is 35.5. The minimum absolute atomic E-state index is 0.170. The van der Waals surface area contributed by atoms with Gasteiger partial charge < -0.3 is 0 Å². The van der Waals surface area contributed by atoms with Gasteiger partial charge >= 0.3 is 0 Å². The Balaban J connectivity index is 2.03. The van der Waals surface area contributed by atoms with Crippen molar-refractivity contribution in [3.8, 4) is 0 Å². The maximum Gasteiger partial charge on any atom is 0.261 e. The molecule has 0 saturated heterocycles. The molecule has 1 aromatic rings. The number of imide groups is 1. The van der Waals surface area contributed by atoms with Crippen molar-refractivity contribution in [2.24, 2.45) is 0 Å². The first-order valence-electron chi connectivity index (χ1n) is 5.77. The van der Waals surface area contributed by atoms with Crippen LogP contribution in [0.15, 0.2) is 24.3 Å². The van der Waals surface area contributed by atoms with E-state index in [9.17, 15) is 9.59 Å². The van der Waals surface area contributed by atoms with Crippen LogP contribution in [0.4, 0.5) is 0 Å². The predicted molar refractivity (Wildman–Crippen MR) is 66.4 cm³/mol. The minimum atomic E-state index is -0.170. The number of fused-ring (bicyclic) bond motifs is 1. The van der Waals surface area contributed by atoms with Crippen LogP contribution in [0.5, 0.6) is 0 Å². The molecule has 1 aliphatic rings. The molecule has 0 saturated carbocycles. The quantitative estimate of drug-likeness (QED) is 0.458. The molecule has 0 aromatic heterocycles. The highest BCUT2D eigenvalue weighted by Gasteiger charge is 2.34. The molecule has 90 valence electrons. The third-order valence-electron chi connectivity index (χ3n) is 2.89. The van der Waals surface area contributed by atoms with Crippen molar-refractivity contribution in [3.05, 3.63) is 35.4 Å². The maximum absolute atomic E-state index is 11.9. The molecule has 2 amide bonds. The molecule has 0 N–H and O–H groups in total. The van der Waals surface area contributed by atoms with Gasteiger partial charge in [0.05, 0.1) is 11.1 Å². The minimum Gasteiger partial charge on any atom is -0.274 e. The van der Waals surface area contributed by atoms with Gasteiger partial charge in [-0.1, -0.05) is 18.6 Å². The highest BCUT2D eigenvalue weighted by molar-refractivity contribution is 6.21. The van der Waals surface area contributed by atoms with Gasteiger partial charge in [-0.2, -0.15) is 0 Å². The molecule has 0 aliphatic carbocycles. The van der Waals surface area contributed by atoms with Crippen molar-refractivity contribution in [2.75, 3.05) is 12.4 Å². The number of rotatable bonds is 5. The number of carbonyl (C=O) groups excluding carboxylic acids is 2. The number of alkyl halides is 1. The number of nitrogens with zero attached hydrogens (tertiary/aromatic N) is 1. The Bertz CT molecular complexity index is 410. The monoisotopic (exact) mass is 251 g/mol. The first kappa shape index (κ1) is 12.1. The molecule has 0 bridgehead atoms. The van der Waals surface area contributed by atoms with Crippen LogP contribution in [0, 0.1) is 0 Å². The summed E-state index contributed by atoms with van der Waals surface area (Å²) in [6.07, 6.45) is 2.68. The SMILES string of the molecule is O=C1c2ccccc2C(=O)N1CCCCCCl. The lowest BCUT2D eigenvalue weighted by atomic mass is 10.1. The standard InChI is InChI=1S/C13H14ClNO2/c14-8-4-1-5-9-15-12(16)10-6-2-3-7-11(10)13(15)17/h2-3,6-7H,1,4-5,8-9H2. The maximum atomic E-state index is 11.9. The van der Waals surface area contributed by atoms with Crippen LogP contribution in [0.3, 0.4) is 0 Å². The van der Waals surface area contributed by atoms with E-state index < -0.39 is 0 Å². The van der Waals surface area contributed by atoms with Crippen molar-refractivity contribution in [3.63, 3.8) is 0 Å². The van der Waals surface area contributed by atoms with Crippen LogP contribution in [-0.2, 0) is 0 Å². The first-order chi connectivity index (χ1) is 8.25. The van der Waals surface area contributed by atoms with Gasteiger partial charge in [-0.05, 0) is 25.0 Å². The molecule has 2 rings (SSSR count). The summed E-state index contributed by atoms with van der Waals surface area (Å²) in [5.41, 5.74) is 1.05.